The second-order valence-electron chi connectivity index (χ2n) is 6.88. The van der Waals surface area contributed by atoms with Gasteiger partial charge in [-0.3, -0.25) is 4.79 Å². The highest BCUT2D eigenvalue weighted by molar-refractivity contribution is 7.09. The SMILES string of the molecule is Cc1ncsc1CCC(=O)N1CC(C)OC2(CCOC(C)C2)C1. The summed E-state index contributed by atoms with van der Waals surface area (Å²) in [6, 6.07) is 0. The van der Waals surface area contributed by atoms with Crippen LogP contribution in [0.1, 0.15) is 43.7 Å². The summed E-state index contributed by atoms with van der Waals surface area (Å²) in [5, 5.41) is 0. The molecule has 2 aliphatic heterocycles. The van der Waals surface area contributed by atoms with Crippen molar-refractivity contribution in [1.82, 2.24) is 9.88 Å². The first-order valence-electron chi connectivity index (χ1n) is 8.43. The molecule has 0 bridgehead atoms. The number of morpholine rings is 1. The van der Waals surface area contributed by atoms with Crippen molar-refractivity contribution in [3.63, 3.8) is 0 Å². The van der Waals surface area contributed by atoms with Gasteiger partial charge in [-0.05, 0) is 27.2 Å². The van der Waals surface area contributed by atoms with Gasteiger partial charge < -0.3 is 14.4 Å². The summed E-state index contributed by atoms with van der Waals surface area (Å²) in [7, 11) is 0. The number of nitrogens with zero attached hydrogens (tertiary/aromatic N) is 2. The van der Waals surface area contributed by atoms with E-state index in [4.69, 9.17) is 9.47 Å². The van der Waals surface area contributed by atoms with E-state index in [0.29, 0.717) is 19.5 Å². The van der Waals surface area contributed by atoms with Crippen LogP contribution in [-0.2, 0) is 20.7 Å². The summed E-state index contributed by atoms with van der Waals surface area (Å²) in [5.41, 5.74) is 2.68. The van der Waals surface area contributed by atoms with Crippen LogP contribution in [0.2, 0.25) is 0 Å². The monoisotopic (exact) mass is 338 g/mol. The fourth-order valence-corrected chi connectivity index (χ4v) is 4.52. The smallest absolute Gasteiger partial charge is 0.223 e. The van der Waals surface area contributed by atoms with E-state index < -0.39 is 0 Å². The molecule has 3 heterocycles. The third-order valence-corrected chi connectivity index (χ3v) is 5.79. The highest BCUT2D eigenvalue weighted by Gasteiger charge is 2.43. The highest BCUT2D eigenvalue weighted by Crippen LogP contribution is 2.34. The molecule has 0 N–H and O–H groups in total. The Morgan fingerprint density at radius 2 is 2.30 bits per heavy atom. The third kappa shape index (κ3) is 3.92. The van der Waals surface area contributed by atoms with Crippen molar-refractivity contribution in [3.05, 3.63) is 16.1 Å². The predicted octanol–water partition coefficient (Wildman–Crippen LogP) is 2.57. The molecule has 3 atom stereocenters. The lowest BCUT2D eigenvalue weighted by Gasteiger charge is -2.48. The summed E-state index contributed by atoms with van der Waals surface area (Å²) in [5.74, 6) is 0.228. The molecule has 2 aliphatic rings. The molecule has 0 aliphatic carbocycles. The highest BCUT2D eigenvalue weighted by atomic mass is 32.1. The van der Waals surface area contributed by atoms with Gasteiger partial charge in [0.25, 0.3) is 0 Å². The van der Waals surface area contributed by atoms with Crippen LogP contribution in [0.3, 0.4) is 0 Å². The summed E-state index contributed by atoms with van der Waals surface area (Å²) in [4.78, 5) is 20.2. The zero-order chi connectivity index (χ0) is 16.4. The number of carbonyl (C=O) groups excluding carboxylic acids is 1. The molecule has 23 heavy (non-hydrogen) atoms. The minimum absolute atomic E-state index is 0.0862. The fraction of sp³-hybridized carbons (Fsp3) is 0.765. The number of ether oxygens (including phenoxy) is 2. The van der Waals surface area contributed by atoms with Gasteiger partial charge in [0.15, 0.2) is 0 Å². The Hall–Kier alpha value is -0.980. The van der Waals surface area contributed by atoms with Crippen molar-refractivity contribution >= 4 is 17.2 Å². The maximum absolute atomic E-state index is 12.7. The Morgan fingerprint density at radius 3 is 3.00 bits per heavy atom. The van der Waals surface area contributed by atoms with E-state index >= 15 is 0 Å². The van der Waals surface area contributed by atoms with Crippen LogP contribution in [0.4, 0.5) is 0 Å². The van der Waals surface area contributed by atoms with Crippen LogP contribution in [0, 0.1) is 6.92 Å². The molecular weight excluding hydrogens is 312 g/mol. The molecular formula is C17H26N2O3S. The maximum atomic E-state index is 12.7. The van der Waals surface area contributed by atoms with E-state index in [9.17, 15) is 4.79 Å². The molecule has 1 aromatic rings. The van der Waals surface area contributed by atoms with Gasteiger partial charge in [0, 0.05) is 43.8 Å². The molecule has 0 saturated carbocycles. The number of hydrogen-bond donors (Lipinski definition) is 0. The molecule has 3 unspecified atom stereocenters. The minimum atomic E-state index is -0.217. The van der Waals surface area contributed by atoms with Crippen molar-refractivity contribution in [1.29, 1.82) is 0 Å². The topological polar surface area (TPSA) is 51.7 Å². The van der Waals surface area contributed by atoms with Crippen LogP contribution in [0.15, 0.2) is 5.51 Å². The molecule has 5 nitrogen and oxygen atoms in total. The first kappa shape index (κ1) is 16.9. The Morgan fingerprint density at radius 1 is 1.48 bits per heavy atom. The summed E-state index contributed by atoms with van der Waals surface area (Å²) >= 11 is 1.64. The summed E-state index contributed by atoms with van der Waals surface area (Å²) < 4.78 is 11.9. The van der Waals surface area contributed by atoms with Crippen molar-refractivity contribution in [2.75, 3.05) is 19.7 Å². The van der Waals surface area contributed by atoms with E-state index in [0.717, 1.165) is 31.6 Å². The number of carbonyl (C=O) groups is 1. The van der Waals surface area contributed by atoms with E-state index in [2.05, 4.69) is 18.8 Å². The lowest BCUT2D eigenvalue weighted by atomic mass is 9.88. The average Bonchev–Trinajstić information content (AvgIpc) is 2.89. The molecule has 1 aromatic heterocycles. The molecule has 3 rings (SSSR count). The van der Waals surface area contributed by atoms with E-state index in [1.807, 2.05) is 17.3 Å². The zero-order valence-corrected chi connectivity index (χ0v) is 15.0. The van der Waals surface area contributed by atoms with Gasteiger partial charge in [-0.25, -0.2) is 4.98 Å². The zero-order valence-electron chi connectivity index (χ0n) is 14.2. The molecule has 1 amide bonds. The largest absolute Gasteiger partial charge is 0.378 e. The number of thiazole rings is 1. The standard InChI is InChI=1S/C17H26N2O3S/c1-12-8-17(6-7-21-12)10-19(9-13(2)22-17)16(20)5-4-15-14(3)18-11-23-15/h11-13H,4-10H2,1-3H3. The first-order valence-corrected chi connectivity index (χ1v) is 9.31. The van der Waals surface area contributed by atoms with Crippen molar-refractivity contribution in [2.24, 2.45) is 0 Å². The second kappa shape index (κ2) is 6.87. The molecule has 2 fully saturated rings. The van der Waals surface area contributed by atoms with Crippen LogP contribution < -0.4 is 0 Å². The predicted molar refractivity (Wildman–Crippen MR) is 89.7 cm³/mol. The van der Waals surface area contributed by atoms with Crippen molar-refractivity contribution in [3.8, 4) is 0 Å². The van der Waals surface area contributed by atoms with Gasteiger partial charge in [0.2, 0.25) is 5.91 Å². The summed E-state index contributed by atoms with van der Waals surface area (Å²) in [6.45, 7) is 8.27. The van der Waals surface area contributed by atoms with Crippen LogP contribution in [0.25, 0.3) is 0 Å². The van der Waals surface area contributed by atoms with Gasteiger partial charge in [-0.1, -0.05) is 0 Å². The Balaban J connectivity index is 1.62. The van der Waals surface area contributed by atoms with Gasteiger partial charge >= 0.3 is 0 Å². The Bertz CT molecular complexity index is 558. The Labute approximate surface area is 142 Å². The maximum Gasteiger partial charge on any atom is 0.223 e. The van der Waals surface area contributed by atoms with Crippen LogP contribution in [-0.4, -0.2) is 53.3 Å². The number of hydrogen-bond acceptors (Lipinski definition) is 5. The third-order valence-electron chi connectivity index (χ3n) is 4.79. The Kier molecular flexibility index (Phi) is 5.04. The molecule has 0 radical (unpaired) electrons. The van der Waals surface area contributed by atoms with E-state index in [-0.39, 0.29) is 23.7 Å². The molecule has 0 aromatic carbocycles. The molecule has 1 spiro atoms. The van der Waals surface area contributed by atoms with Crippen molar-refractivity contribution < 1.29 is 14.3 Å². The lowest BCUT2D eigenvalue weighted by Crippen LogP contribution is -2.59. The van der Waals surface area contributed by atoms with Crippen molar-refractivity contribution in [2.45, 2.75) is 64.3 Å². The van der Waals surface area contributed by atoms with E-state index in [1.165, 1.54) is 4.88 Å². The number of amides is 1. The van der Waals surface area contributed by atoms with Crippen LogP contribution >= 0.6 is 11.3 Å². The van der Waals surface area contributed by atoms with Gasteiger partial charge in [0.1, 0.15) is 0 Å². The minimum Gasteiger partial charge on any atom is -0.378 e. The number of rotatable bonds is 3. The number of aryl methyl sites for hydroxylation is 2. The molecule has 128 valence electrons. The second-order valence-corrected chi connectivity index (χ2v) is 7.82. The quantitative estimate of drug-likeness (QED) is 0.850. The lowest BCUT2D eigenvalue weighted by molar-refractivity contribution is -0.200. The first-order chi connectivity index (χ1) is 11.0. The molecule has 6 heteroatoms. The van der Waals surface area contributed by atoms with Gasteiger partial charge in [-0.2, -0.15) is 0 Å². The summed E-state index contributed by atoms with van der Waals surface area (Å²) in [6.07, 6.45) is 3.37. The normalized spacial score (nSPS) is 31.5. The van der Waals surface area contributed by atoms with Gasteiger partial charge in [0.05, 0.1) is 29.0 Å². The average molecular weight is 338 g/mol. The van der Waals surface area contributed by atoms with Gasteiger partial charge in [-0.15, -0.1) is 11.3 Å². The van der Waals surface area contributed by atoms with E-state index in [1.54, 1.807) is 11.3 Å². The fourth-order valence-electron chi connectivity index (χ4n) is 3.74. The molecule has 2 saturated heterocycles. The van der Waals surface area contributed by atoms with Crippen LogP contribution in [0.5, 0.6) is 0 Å². The number of aromatic nitrogens is 1.